The molecule has 0 aliphatic rings. The summed E-state index contributed by atoms with van der Waals surface area (Å²) in [7, 11) is 0.744. The van der Waals surface area contributed by atoms with Gasteiger partial charge in [-0.25, -0.2) is 12.7 Å². The average molecular weight is 420 g/mol. The summed E-state index contributed by atoms with van der Waals surface area (Å²) in [5, 5.41) is 2.56. The predicted molar refractivity (Wildman–Crippen MR) is 108 cm³/mol. The highest BCUT2D eigenvalue weighted by atomic mass is 32.2. The molecule has 0 spiro atoms. The first-order chi connectivity index (χ1) is 13.6. The molecule has 29 heavy (non-hydrogen) atoms. The molecule has 1 amide bonds. The molecule has 0 heterocycles. The van der Waals surface area contributed by atoms with Crippen molar-refractivity contribution in [3.05, 3.63) is 54.1 Å². The largest absolute Gasteiger partial charge is 0.497 e. The van der Waals surface area contributed by atoms with Crippen molar-refractivity contribution in [3.8, 4) is 5.75 Å². The summed E-state index contributed by atoms with van der Waals surface area (Å²) in [5.74, 6) is -0.512. The van der Waals surface area contributed by atoms with Crippen LogP contribution in [0.3, 0.4) is 0 Å². The van der Waals surface area contributed by atoms with E-state index in [0.29, 0.717) is 11.3 Å². The van der Waals surface area contributed by atoms with Crippen molar-refractivity contribution in [2.24, 2.45) is 0 Å². The van der Waals surface area contributed by atoms with E-state index >= 15 is 0 Å². The van der Waals surface area contributed by atoms with Gasteiger partial charge in [0.2, 0.25) is 10.0 Å². The average Bonchev–Trinajstić information content (AvgIpc) is 2.68. The molecule has 0 aromatic heterocycles. The number of benzene rings is 2. The fourth-order valence-electron chi connectivity index (χ4n) is 2.43. The molecule has 2 aromatic carbocycles. The molecule has 2 rings (SSSR count). The van der Waals surface area contributed by atoms with Gasteiger partial charge in [0.1, 0.15) is 5.75 Å². The Kier molecular flexibility index (Phi) is 7.35. The van der Waals surface area contributed by atoms with Crippen LogP contribution in [0.2, 0.25) is 0 Å². The third kappa shape index (κ3) is 6.03. The van der Waals surface area contributed by atoms with E-state index in [2.05, 4.69) is 5.32 Å². The third-order valence-electron chi connectivity index (χ3n) is 4.04. The van der Waals surface area contributed by atoms with E-state index in [1.165, 1.54) is 46.3 Å². The number of carbonyl (C=O) groups is 2. The van der Waals surface area contributed by atoms with Crippen LogP contribution < -0.4 is 10.1 Å². The van der Waals surface area contributed by atoms with Crippen molar-refractivity contribution in [2.45, 2.75) is 24.3 Å². The Hall–Kier alpha value is -2.91. The Bertz CT molecular complexity index is 988. The predicted octanol–water partition coefficient (Wildman–Crippen LogP) is 2.06. The van der Waals surface area contributed by atoms with Crippen LogP contribution in [0, 0.1) is 0 Å². The zero-order chi connectivity index (χ0) is 21.6. The molecule has 1 atom stereocenters. The SMILES string of the molecule is COc1cccc(CC(=O)O[C@H](C)C(=O)Nc2cccc(S(=O)(=O)N(C)C)c2)c1. The molecule has 1 N–H and O–H groups in total. The van der Waals surface area contributed by atoms with E-state index in [0.717, 1.165) is 4.31 Å². The lowest BCUT2D eigenvalue weighted by Crippen LogP contribution is -2.30. The summed E-state index contributed by atoms with van der Waals surface area (Å²) in [6.45, 7) is 1.44. The van der Waals surface area contributed by atoms with Crippen LogP contribution in [0.25, 0.3) is 0 Å². The number of esters is 1. The maximum Gasteiger partial charge on any atom is 0.311 e. The van der Waals surface area contributed by atoms with Crippen LogP contribution in [0.15, 0.2) is 53.4 Å². The lowest BCUT2D eigenvalue weighted by atomic mass is 10.1. The summed E-state index contributed by atoms with van der Waals surface area (Å²) in [6.07, 6.45) is -1.06. The Balaban J connectivity index is 1.99. The number of rotatable bonds is 8. The highest BCUT2D eigenvalue weighted by molar-refractivity contribution is 7.89. The molecule has 0 fully saturated rings. The molecular weight excluding hydrogens is 396 g/mol. The van der Waals surface area contributed by atoms with Crippen LogP contribution >= 0.6 is 0 Å². The first-order valence-electron chi connectivity index (χ1n) is 8.79. The molecular formula is C20H24N2O6S. The summed E-state index contributed by atoms with van der Waals surface area (Å²) >= 11 is 0. The quantitative estimate of drug-likeness (QED) is 0.656. The monoisotopic (exact) mass is 420 g/mol. The summed E-state index contributed by atoms with van der Waals surface area (Å²) < 4.78 is 35.8. The highest BCUT2D eigenvalue weighted by Crippen LogP contribution is 2.18. The maximum atomic E-state index is 12.3. The molecule has 0 unspecified atom stereocenters. The standard InChI is InChI=1S/C20H24N2O6S/c1-14(28-19(23)12-15-7-5-9-17(11-15)27-4)20(24)21-16-8-6-10-18(13-16)29(25,26)22(2)3/h5-11,13-14H,12H2,1-4H3,(H,21,24)/t14-/m1/s1. The van der Waals surface area contributed by atoms with Crippen LogP contribution in [0.5, 0.6) is 5.75 Å². The number of ether oxygens (including phenoxy) is 2. The fourth-order valence-corrected chi connectivity index (χ4v) is 3.38. The Morgan fingerprint density at radius 1 is 1.10 bits per heavy atom. The van der Waals surface area contributed by atoms with E-state index < -0.39 is 28.0 Å². The van der Waals surface area contributed by atoms with E-state index in [1.54, 1.807) is 30.3 Å². The highest BCUT2D eigenvalue weighted by Gasteiger charge is 2.20. The van der Waals surface area contributed by atoms with Crippen LogP contribution in [0.1, 0.15) is 12.5 Å². The van der Waals surface area contributed by atoms with Crippen molar-refractivity contribution in [1.82, 2.24) is 4.31 Å². The van der Waals surface area contributed by atoms with Crippen molar-refractivity contribution < 1.29 is 27.5 Å². The topological polar surface area (TPSA) is 102 Å². The molecule has 0 aliphatic carbocycles. The number of hydrogen-bond donors (Lipinski definition) is 1. The molecule has 0 saturated heterocycles. The Morgan fingerprint density at radius 3 is 2.45 bits per heavy atom. The van der Waals surface area contributed by atoms with Crippen LogP contribution in [-0.4, -0.2) is 51.9 Å². The minimum atomic E-state index is -3.63. The second-order valence-electron chi connectivity index (χ2n) is 6.46. The van der Waals surface area contributed by atoms with Gasteiger partial charge in [-0.05, 0) is 42.8 Å². The van der Waals surface area contributed by atoms with E-state index in [4.69, 9.17) is 9.47 Å². The molecule has 0 bridgehead atoms. The number of nitrogens with one attached hydrogen (secondary N) is 1. The fraction of sp³-hybridized carbons (Fsp3) is 0.300. The van der Waals surface area contributed by atoms with Crippen molar-refractivity contribution in [2.75, 3.05) is 26.5 Å². The lowest BCUT2D eigenvalue weighted by molar-refractivity contribution is -0.152. The van der Waals surface area contributed by atoms with E-state index in [-0.39, 0.29) is 17.0 Å². The lowest BCUT2D eigenvalue weighted by Gasteiger charge is -2.15. The first-order valence-corrected chi connectivity index (χ1v) is 10.2. The molecule has 0 aliphatic heterocycles. The maximum absolute atomic E-state index is 12.3. The summed E-state index contributed by atoms with van der Waals surface area (Å²) in [5.41, 5.74) is 0.983. The minimum Gasteiger partial charge on any atom is -0.497 e. The van der Waals surface area contributed by atoms with Gasteiger partial charge in [0, 0.05) is 19.8 Å². The number of methoxy groups -OCH3 is 1. The molecule has 8 nitrogen and oxygen atoms in total. The molecule has 0 saturated carbocycles. The van der Waals surface area contributed by atoms with Gasteiger partial charge in [-0.2, -0.15) is 0 Å². The van der Waals surface area contributed by atoms with Gasteiger partial charge < -0.3 is 14.8 Å². The van der Waals surface area contributed by atoms with Crippen molar-refractivity contribution in [1.29, 1.82) is 0 Å². The number of amides is 1. The third-order valence-corrected chi connectivity index (χ3v) is 5.85. The number of anilines is 1. The zero-order valence-electron chi connectivity index (χ0n) is 16.7. The molecule has 0 radical (unpaired) electrons. The van der Waals surface area contributed by atoms with Gasteiger partial charge in [-0.3, -0.25) is 9.59 Å². The molecule has 9 heteroatoms. The van der Waals surface area contributed by atoms with Gasteiger partial charge >= 0.3 is 5.97 Å². The molecule has 156 valence electrons. The number of nitrogens with zero attached hydrogens (tertiary/aromatic N) is 1. The first kappa shape index (κ1) is 22.4. The number of hydrogen-bond acceptors (Lipinski definition) is 6. The smallest absolute Gasteiger partial charge is 0.311 e. The summed E-state index contributed by atoms with van der Waals surface area (Å²) in [4.78, 5) is 24.5. The van der Waals surface area contributed by atoms with Gasteiger partial charge in [0.05, 0.1) is 18.4 Å². The van der Waals surface area contributed by atoms with Gasteiger partial charge in [0.15, 0.2) is 6.10 Å². The number of sulfonamides is 1. The van der Waals surface area contributed by atoms with E-state index in [1.807, 2.05) is 0 Å². The number of carbonyl (C=O) groups excluding carboxylic acids is 2. The normalized spacial score (nSPS) is 12.3. The van der Waals surface area contributed by atoms with Crippen molar-refractivity contribution >= 4 is 27.6 Å². The Morgan fingerprint density at radius 2 is 1.79 bits per heavy atom. The van der Waals surface area contributed by atoms with E-state index in [9.17, 15) is 18.0 Å². The summed E-state index contributed by atoms with van der Waals surface area (Å²) in [6, 6.07) is 12.8. The van der Waals surface area contributed by atoms with Gasteiger partial charge in [-0.15, -0.1) is 0 Å². The van der Waals surface area contributed by atoms with Crippen LogP contribution in [-0.2, 0) is 30.8 Å². The second-order valence-corrected chi connectivity index (χ2v) is 8.62. The molecule has 2 aromatic rings. The Labute approximate surface area is 170 Å². The van der Waals surface area contributed by atoms with Gasteiger partial charge in [0.25, 0.3) is 5.91 Å². The van der Waals surface area contributed by atoms with Crippen LogP contribution in [0.4, 0.5) is 5.69 Å². The van der Waals surface area contributed by atoms with Gasteiger partial charge in [-0.1, -0.05) is 18.2 Å². The van der Waals surface area contributed by atoms with Crippen molar-refractivity contribution in [3.63, 3.8) is 0 Å². The second kappa shape index (κ2) is 9.53. The minimum absolute atomic E-state index is 0.00855. The zero-order valence-corrected chi connectivity index (χ0v) is 17.5.